The van der Waals surface area contributed by atoms with E-state index in [1.54, 1.807) is 7.11 Å². The van der Waals surface area contributed by atoms with Gasteiger partial charge in [-0.25, -0.2) is 0 Å². The molecule has 1 aliphatic heterocycles. The summed E-state index contributed by atoms with van der Waals surface area (Å²) in [5, 5.41) is 12.2. The average molecular weight is 395 g/mol. The molecule has 1 amide bonds. The average Bonchev–Trinajstić information content (AvgIpc) is 3.30. The summed E-state index contributed by atoms with van der Waals surface area (Å²) in [6.07, 6.45) is 0. The third kappa shape index (κ3) is 3.82. The number of aromatic nitrogens is 3. The van der Waals surface area contributed by atoms with Gasteiger partial charge in [-0.15, -0.1) is 10.2 Å². The van der Waals surface area contributed by atoms with Gasteiger partial charge >= 0.3 is 0 Å². The van der Waals surface area contributed by atoms with Gasteiger partial charge in [0.05, 0.1) is 12.9 Å². The minimum Gasteiger partial charge on any atom is -0.497 e. The van der Waals surface area contributed by atoms with Gasteiger partial charge in [-0.3, -0.25) is 9.36 Å². The van der Waals surface area contributed by atoms with E-state index in [0.29, 0.717) is 0 Å². The molecule has 1 N–H and O–H groups in total. The van der Waals surface area contributed by atoms with Crippen LogP contribution in [0.5, 0.6) is 5.75 Å². The molecule has 7 nitrogen and oxygen atoms in total. The molecule has 0 unspecified atom stereocenters. The van der Waals surface area contributed by atoms with E-state index in [1.165, 1.54) is 17.3 Å². The number of hydrogen-bond acceptors (Lipinski definition) is 6. The van der Waals surface area contributed by atoms with Crippen molar-refractivity contribution in [2.24, 2.45) is 0 Å². The Hall–Kier alpha value is -3.00. The predicted octanol–water partition coefficient (Wildman–Crippen LogP) is 3.48. The van der Waals surface area contributed by atoms with E-state index in [1.807, 2.05) is 24.3 Å². The zero-order valence-electron chi connectivity index (χ0n) is 15.8. The van der Waals surface area contributed by atoms with Crippen molar-refractivity contribution < 1.29 is 9.53 Å². The molecule has 28 heavy (non-hydrogen) atoms. The molecule has 0 saturated heterocycles. The highest BCUT2D eigenvalue weighted by Crippen LogP contribution is 2.32. The second-order valence-corrected chi connectivity index (χ2v) is 7.43. The van der Waals surface area contributed by atoms with Gasteiger partial charge in [-0.05, 0) is 43.3 Å². The molecule has 0 atom stereocenters. The number of anilines is 3. The summed E-state index contributed by atoms with van der Waals surface area (Å²) in [4.78, 5) is 14.4. The predicted molar refractivity (Wildman–Crippen MR) is 111 cm³/mol. The van der Waals surface area contributed by atoms with Crippen LogP contribution in [0.4, 0.5) is 17.3 Å². The fourth-order valence-electron chi connectivity index (χ4n) is 3.05. The Balaban J connectivity index is 1.38. The second kappa shape index (κ2) is 7.93. The molecule has 144 valence electrons. The Morgan fingerprint density at radius 1 is 1.11 bits per heavy atom. The van der Waals surface area contributed by atoms with Crippen LogP contribution in [0.15, 0.2) is 53.7 Å². The summed E-state index contributed by atoms with van der Waals surface area (Å²) in [5.74, 6) is 1.77. The van der Waals surface area contributed by atoms with Gasteiger partial charge in [-0.1, -0.05) is 29.5 Å². The van der Waals surface area contributed by atoms with Crippen LogP contribution < -0.4 is 15.0 Å². The number of aryl methyl sites for hydroxylation is 1. The largest absolute Gasteiger partial charge is 0.497 e. The molecule has 0 radical (unpaired) electrons. The first kappa shape index (κ1) is 18.4. The van der Waals surface area contributed by atoms with E-state index >= 15 is 0 Å². The summed E-state index contributed by atoms with van der Waals surface area (Å²) < 4.78 is 7.18. The number of nitrogens with one attached hydrogen (secondary N) is 1. The smallest absolute Gasteiger partial charge is 0.234 e. The van der Waals surface area contributed by atoms with Crippen LogP contribution in [0.1, 0.15) is 5.56 Å². The maximum absolute atomic E-state index is 12.2. The molecule has 0 aliphatic carbocycles. The number of thioether (sulfide) groups is 1. The summed E-state index contributed by atoms with van der Waals surface area (Å²) in [5.41, 5.74) is 3.07. The van der Waals surface area contributed by atoms with Crippen molar-refractivity contribution in [3.8, 4) is 5.75 Å². The second-order valence-electron chi connectivity index (χ2n) is 6.49. The van der Waals surface area contributed by atoms with E-state index < -0.39 is 0 Å². The Morgan fingerprint density at radius 3 is 2.57 bits per heavy atom. The van der Waals surface area contributed by atoms with Gasteiger partial charge in [0.15, 0.2) is 5.16 Å². The van der Waals surface area contributed by atoms with E-state index in [-0.39, 0.29) is 11.7 Å². The molecule has 1 aliphatic rings. The Morgan fingerprint density at radius 2 is 1.86 bits per heavy atom. The van der Waals surface area contributed by atoms with Crippen molar-refractivity contribution in [2.75, 3.05) is 29.6 Å². The van der Waals surface area contributed by atoms with Gasteiger partial charge in [0.1, 0.15) is 5.75 Å². The van der Waals surface area contributed by atoms with Gasteiger partial charge in [0.25, 0.3) is 0 Å². The molecule has 0 fully saturated rings. The van der Waals surface area contributed by atoms with E-state index in [2.05, 4.69) is 56.2 Å². The summed E-state index contributed by atoms with van der Waals surface area (Å²) in [6, 6.07) is 15.6. The van der Waals surface area contributed by atoms with E-state index in [9.17, 15) is 4.79 Å². The molecule has 0 saturated carbocycles. The molecule has 2 aromatic carbocycles. The van der Waals surface area contributed by atoms with Crippen molar-refractivity contribution in [1.82, 2.24) is 14.8 Å². The maximum atomic E-state index is 12.2. The molecule has 2 heterocycles. The Labute approximate surface area is 167 Å². The molecule has 3 aromatic rings. The SMILES string of the molecule is COc1ccc(NC(=O)CSc2nnc3n2CCN3c2ccc(C)cc2)cc1. The quantitative estimate of drug-likeness (QED) is 0.645. The lowest BCUT2D eigenvalue weighted by atomic mass is 10.2. The zero-order chi connectivity index (χ0) is 19.5. The number of rotatable bonds is 6. The molecule has 0 spiro atoms. The highest BCUT2D eigenvalue weighted by Gasteiger charge is 2.26. The van der Waals surface area contributed by atoms with Crippen LogP contribution in [0, 0.1) is 6.92 Å². The van der Waals surface area contributed by atoms with Crippen LogP contribution in [-0.4, -0.2) is 40.1 Å². The van der Waals surface area contributed by atoms with Crippen molar-refractivity contribution in [3.63, 3.8) is 0 Å². The third-order valence-electron chi connectivity index (χ3n) is 4.54. The molecule has 4 rings (SSSR count). The molecular weight excluding hydrogens is 374 g/mol. The normalized spacial score (nSPS) is 12.7. The van der Waals surface area contributed by atoms with Gasteiger partial charge in [-0.2, -0.15) is 0 Å². The molecule has 1 aromatic heterocycles. The minimum absolute atomic E-state index is 0.0825. The van der Waals surface area contributed by atoms with Gasteiger partial charge in [0.2, 0.25) is 11.9 Å². The minimum atomic E-state index is -0.0825. The van der Waals surface area contributed by atoms with Crippen LogP contribution in [0.2, 0.25) is 0 Å². The van der Waals surface area contributed by atoms with E-state index in [0.717, 1.165) is 41.3 Å². The topological polar surface area (TPSA) is 72.3 Å². The van der Waals surface area contributed by atoms with Crippen LogP contribution in [0.3, 0.4) is 0 Å². The number of ether oxygens (including phenoxy) is 1. The van der Waals surface area contributed by atoms with Crippen molar-refractivity contribution in [3.05, 3.63) is 54.1 Å². The number of nitrogens with zero attached hydrogens (tertiary/aromatic N) is 4. The first-order valence-corrected chi connectivity index (χ1v) is 9.97. The first-order chi connectivity index (χ1) is 13.6. The summed E-state index contributed by atoms with van der Waals surface area (Å²) >= 11 is 1.39. The zero-order valence-corrected chi connectivity index (χ0v) is 16.6. The molecular formula is C20H21N5O2S. The Bertz CT molecular complexity index is 969. The number of carbonyl (C=O) groups excluding carboxylic acids is 1. The summed E-state index contributed by atoms with van der Waals surface area (Å²) in [7, 11) is 1.61. The van der Waals surface area contributed by atoms with E-state index in [4.69, 9.17) is 4.74 Å². The van der Waals surface area contributed by atoms with Crippen LogP contribution >= 0.6 is 11.8 Å². The van der Waals surface area contributed by atoms with Crippen molar-refractivity contribution in [2.45, 2.75) is 18.6 Å². The van der Waals surface area contributed by atoms with Crippen molar-refractivity contribution in [1.29, 1.82) is 0 Å². The lowest BCUT2D eigenvalue weighted by Crippen LogP contribution is -2.14. The third-order valence-corrected chi connectivity index (χ3v) is 5.50. The van der Waals surface area contributed by atoms with Crippen LogP contribution in [-0.2, 0) is 11.3 Å². The number of methoxy groups -OCH3 is 1. The fraction of sp³-hybridized carbons (Fsp3) is 0.250. The Kier molecular flexibility index (Phi) is 5.21. The number of fused-ring (bicyclic) bond motifs is 1. The number of carbonyl (C=O) groups is 1. The highest BCUT2D eigenvalue weighted by molar-refractivity contribution is 7.99. The standard InChI is InChI=1S/C20H21N5O2S/c1-14-3-7-16(8-4-14)24-11-12-25-19(24)22-23-20(25)28-13-18(26)21-15-5-9-17(27-2)10-6-15/h3-10H,11-13H2,1-2H3,(H,21,26). The molecule has 8 heteroatoms. The highest BCUT2D eigenvalue weighted by atomic mass is 32.2. The van der Waals surface area contributed by atoms with Gasteiger partial charge < -0.3 is 15.0 Å². The van der Waals surface area contributed by atoms with Crippen molar-refractivity contribution >= 4 is 35.0 Å². The van der Waals surface area contributed by atoms with Gasteiger partial charge in [0, 0.05) is 24.5 Å². The lowest BCUT2D eigenvalue weighted by Gasteiger charge is -2.15. The number of hydrogen-bond donors (Lipinski definition) is 1. The molecule has 0 bridgehead atoms. The summed E-state index contributed by atoms with van der Waals surface area (Å²) in [6.45, 7) is 3.72. The first-order valence-electron chi connectivity index (χ1n) is 8.98. The van der Waals surface area contributed by atoms with Crippen LogP contribution in [0.25, 0.3) is 0 Å². The monoisotopic (exact) mass is 395 g/mol. The fourth-order valence-corrected chi connectivity index (χ4v) is 3.81. The number of amides is 1. The maximum Gasteiger partial charge on any atom is 0.234 e. The lowest BCUT2D eigenvalue weighted by molar-refractivity contribution is -0.113. The number of benzene rings is 2.